The first-order valence-electron chi connectivity index (χ1n) is 5.62. The van der Waals surface area contributed by atoms with Crippen molar-refractivity contribution < 1.29 is 4.79 Å². The van der Waals surface area contributed by atoms with E-state index in [0.29, 0.717) is 22.9 Å². The molecule has 1 aromatic heterocycles. The number of thiophene rings is 1. The molecule has 1 saturated heterocycles. The van der Waals surface area contributed by atoms with Crippen molar-refractivity contribution in [2.75, 3.05) is 18.4 Å². The van der Waals surface area contributed by atoms with Crippen LogP contribution >= 0.6 is 11.3 Å². The van der Waals surface area contributed by atoms with Gasteiger partial charge >= 0.3 is 0 Å². The molecule has 0 atom stereocenters. The van der Waals surface area contributed by atoms with Gasteiger partial charge in [-0.2, -0.15) is 5.26 Å². The second-order valence-electron chi connectivity index (χ2n) is 4.38. The molecule has 0 spiro atoms. The molecule has 2 heterocycles. The van der Waals surface area contributed by atoms with Crippen molar-refractivity contribution in [1.82, 2.24) is 5.32 Å². The quantitative estimate of drug-likeness (QED) is 0.858. The third-order valence-corrected chi connectivity index (χ3v) is 4.21. The molecule has 0 unspecified atom stereocenters. The van der Waals surface area contributed by atoms with Gasteiger partial charge in [0.2, 0.25) is 5.91 Å². The van der Waals surface area contributed by atoms with Gasteiger partial charge in [-0.05, 0) is 38.4 Å². The van der Waals surface area contributed by atoms with E-state index in [2.05, 4.69) is 16.7 Å². The highest BCUT2D eigenvalue weighted by Gasteiger charge is 2.21. The van der Waals surface area contributed by atoms with E-state index >= 15 is 0 Å². The van der Waals surface area contributed by atoms with Crippen LogP contribution in [0.25, 0.3) is 0 Å². The van der Waals surface area contributed by atoms with E-state index in [1.54, 1.807) is 0 Å². The molecule has 1 aromatic rings. The molecule has 0 aromatic carbocycles. The van der Waals surface area contributed by atoms with Crippen molar-refractivity contribution in [2.24, 2.45) is 5.92 Å². The van der Waals surface area contributed by atoms with Gasteiger partial charge in [0.05, 0.1) is 5.56 Å². The molecule has 17 heavy (non-hydrogen) atoms. The molecule has 2 rings (SSSR count). The molecule has 1 aliphatic heterocycles. The van der Waals surface area contributed by atoms with Gasteiger partial charge in [0, 0.05) is 11.3 Å². The van der Waals surface area contributed by atoms with Gasteiger partial charge in [-0.3, -0.25) is 4.79 Å². The number of carbonyl (C=O) groups is 1. The molecule has 90 valence electrons. The third kappa shape index (κ3) is 2.48. The molecular formula is C12H15N3OS. The predicted octanol–water partition coefficient (Wildman–Crippen LogP) is 1.78. The summed E-state index contributed by atoms with van der Waals surface area (Å²) in [6, 6.07) is 2.15. The molecule has 0 radical (unpaired) electrons. The number of hydrogen-bond acceptors (Lipinski definition) is 4. The Kier molecular flexibility index (Phi) is 3.46. The maximum absolute atomic E-state index is 11.8. The van der Waals surface area contributed by atoms with Crippen molar-refractivity contribution in [3.05, 3.63) is 16.0 Å². The summed E-state index contributed by atoms with van der Waals surface area (Å²) in [6.07, 6.45) is 0.536. The largest absolute Gasteiger partial charge is 0.317 e. The lowest BCUT2D eigenvalue weighted by atomic mass is 9.99. The first kappa shape index (κ1) is 12.1. The van der Waals surface area contributed by atoms with Gasteiger partial charge in [-0.1, -0.05) is 0 Å². The third-order valence-electron chi connectivity index (χ3n) is 3.09. The lowest BCUT2D eigenvalue weighted by Gasteiger charge is -2.26. The zero-order valence-electron chi connectivity index (χ0n) is 9.96. The van der Waals surface area contributed by atoms with Crippen LogP contribution in [0.4, 0.5) is 5.00 Å². The Morgan fingerprint density at radius 3 is 2.82 bits per heavy atom. The summed E-state index contributed by atoms with van der Waals surface area (Å²) in [6.45, 7) is 5.71. The minimum Gasteiger partial charge on any atom is -0.317 e. The Morgan fingerprint density at radius 1 is 1.59 bits per heavy atom. The summed E-state index contributed by atoms with van der Waals surface area (Å²) < 4.78 is 0. The van der Waals surface area contributed by atoms with Gasteiger partial charge in [-0.25, -0.2) is 0 Å². The molecule has 5 heteroatoms. The minimum atomic E-state index is 0.00856. The summed E-state index contributed by atoms with van der Waals surface area (Å²) in [4.78, 5) is 12.8. The average Bonchev–Trinajstić information content (AvgIpc) is 2.48. The minimum absolute atomic E-state index is 0.00856. The molecule has 1 aliphatic rings. The topological polar surface area (TPSA) is 64.9 Å². The highest BCUT2D eigenvalue weighted by Crippen LogP contribution is 2.31. The molecule has 0 saturated carbocycles. The van der Waals surface area contributed by atoms with E-state index in [1.807, 2.05) is 13.8 Å². The summed E-state index contributed by atoms with van der Waals surface area (Å²) in [5.41, 5.74) is 1.57. The van der Waals surface area contributed by atoms with Gasteiger partial charge in [0.1, 0.15) is 11.1 Å². The fraction of sp³-hybridized carbons (Fsp3) is 0.500. The predicted molar refractivity (Wildman–Crippen MR) is 68.1 cm³/mol. The van der Waals surface area contributed by atoms with E-state index in [1.165, 1.54) is 11.3 Å². The maximum atomic E-state index is 11.8. The van der Waals surface area contributed by atoms with E-state index in [4.69, 9.17) is 5.26 Å². The Balaban J connectivity index is 2.05. The van der Waals surface area contributed by atoms with Crippen molar-refractivity contribution >= 4 is 22.2 Å². The summed E-state index contributed by atoms with van der Waals surface area (Å²) >= 11 is 1.48. The number of nitriles is 1. The van der Waals surface area contributed by atoms with Crippen molar-refractivity contribution in [1.29, 1.82) is 5.26 Å². The van der Waals surface area contributed by atoms with Gasteiger partial charge < -0.3 is 10.6 Å². The lowest BCUT2D eigenvalue weighted by Crippen LogP contribution is -2.43. The Labute approximate surface area is 105 Å². The monoisotopic (exact) mass is 249 g/mol. The highest BCUT2D eigenvalue weighted by atomic mass is 32.1. The molecule has 2 N–H and O–H groups in total. The zero-order chi connectivity index (χ0) is 12.4. The van der Waals surface area contributed by atoms with Crippen LogP contribution < -0.4 is 10.6 Å². The van der Waals surface area contributed by atoms with Crippen LogP contribution in [0.15, 0.2) is 0 Å². The number of amides is 1. The van der Waals surface area contributed by atoms with E-state index in [9.17, 15) is 4.79 Å². The molecule has 0 bridgehead atoms. The van der Waals surface area contributed by atoms with Crippen molar-refractivity contribution in [3.8, 4) is 6.07 Å². The average molecular weight is 249 g/mol. The fourth-order valence-corrected chi connectivity index (χ4v) is 2.81. The molecule has 4 nitrogen and oxygen atoms in total. The summed E-state index contributed by atoms with van der Waals surface area (Å²) in [5.74, 6) is 0.456. The Hall–Kier alpha value is -1.38. The second kappa shape index (κ2) is 4.86. The van der Waals surface area contributed by atoms with Crippen LogP contribution in [0.3, 0.4) is 0 Å². The van der Waals surface area contributed by atoms with E-state index < -0.39 is 0 Å². The van der Waals surface area contributed by atoms with Crippen LogP contribution in [0, 0.1) is 31.1 Å². The fourth-order valence-electron chi connectivity index (χ4n) is 1.78. The molecule has 0 aliphatic carbocycles. The normalized spacial score (nSPS) is 15.1. The van der Waals surface area contributed by atoms with Crippen molar-refractivity contribution in [2.45, 2.75) is 20.3 Å². The Morgan fingerprint density at radius 2 is 2.29 bits per heavy atom. The Bertz CT molecular complexity index is 483. The number of nitrogens with zero attached hydrogens (tertiary/aromatic N) is 1. The van der Waals surface area contributed by atoms with Gasteiger partial charge in [-0.15, -0.1) is 11.3 Å². The van der Waals surface area contributed by atoms with Crippen LogP contribution in [-0.2, 0) is 4.79 Å². The van der Waals surface area contributed by atoms with Crippen molar-refractivity contribution in [3.63, 3.8) is 0 Å². The number of nitrogens with one attached hydrogen (secondary N) is 2. The first-order valence-corrected chi connectivity index (χ1v) is 6.44. The van der Waals surface area contributed by atoms with E-state index in [-0.39, 0.29) is 5.91 Å². The second-order valence-corrected chi connectivity index (χ2v) is 5.60. The van der Waals surface area contributed by atoms with Crippen LogP contribution in [0.1, 0.15) is 22.4 Å². The standard InChI is InChI=1S/C12H15N3OS/c1-7-8(2)17-12(10(7)4-13)15-11(16)3-9-5-14-6-9/h9,14H,3,5-6H2,1-2H3,(H,15,16). The lowest BCUT2D eigenvalue weighted by molar-refractivity contribution is -0.117. The molecule has 1 amide bonds. The summed E-state index contributed by atoms with van der Waals surface area (Å²) in [7, 11) is 0. The van der Waals surface area contributed by atoms with Gasteiger partial charge in [0.15, 0.2) is 0 Å². The van der Waals surface area contributed by atoms with E-state index in [0.717, 1.165) is 23.5 Å². The molecule has 1 fully saturated rings. The van der Waals surface area contributed by atoms with Crippen LogP contribution in [0.5, 0.6) is 0 Å². The van der Waals surface area contributed by atoms with Crippen LogP contribution in [0.2, 0.25) is 0 Å². The number of rotatable bonds is 3. The highest BCUT2D eigenvalue weighted by molar-refractivity contribution is 7.16. The SMILES string of the molecule is Cc1sc(NC(=O)CC2CNC2)c(C#N)c1C. The first-order chi connectivity index (χ1) is 8.11. The maximum Gasteiger partial charge on any atom is 0.225 e. The molecular weight excluding hydrogens is 234 g/mol. The van der Waals surface area contributed by atoms with Gasteiger partial charge in [0.25, 0.3) is 0 Å². The smallest absolute Gasteiger partial charge is 0.225 e. The number of anilines is 1. The number of carbonyl (C=O) groups excluding carboxylic acids is 1. The van der Waals surface area contributed by atoms with Crippen LogP contribution in [-0.4, -0.2) is 19.0 Å². The number of aryl methyl sites for hydroxylation is 1. The number of hydrogen-bond donors (Lipinski definition) is 2. The zero-order valence-corrected chi connectivity index (χ0v) is 10.8. The summed E-state index contributed by atoms with van der Waals surface area (Å²) in [5, 5.41) is 15.7.